The van der Waals surface area contributed by atoms with Crippen LogP contribution in [0, 0.1) is 0 Å². The molecule has 0 bridgehead atoms. The highest BCUT2D eigenvalue weighted by Gasteiger charge is 2.21. The van der Waals surface area contributed by atoms with Gasteiger partial charge in [-0.15, -0.1) is 0 Å². The lowest BCUT2D eigenvalue weighted by Gasteiger charge is -2.25. The Morgan fingerprint density at radius 3 is 1.73 bits per heavy atom. The van der Waals surface area contributed by atoms with Crippen LogP contribution < -0.4 is 4.90 Å². The summed E-state index contributed by atoms with van der Waals surface area (Å²) in [6.07, 6.45) is 9.94. The lowest BCUT2D eigenvalue weighted by atomic mass is 10.0. The zero-order chi connectivity index (χ0) is 33.7. The second-order valence-electron chi connectivity index (χ2n) is 13.3. The summed E-state index contributed by atoms with van der Waals surface area (Å²) in [4.78, 5) is 2.31. The minimum atomic E-state index is 0.276. The smallest absolute Gasteiger partial charge is 0.0560 e. The van der Waals surface area contributed by atoms with Crippen LogP contribution >= 0.6 is 0 Å². The van der Waals surface area contributed by atoms with Gasteiger partial charge in [0.15, 0.2) is 0 Å². The zero-order valence-electron chi connectivity index (χ0n) is 28.1. The van der Waals surface area contributed by atoms with Gasteiger partial charge in [0.2, 0.25) is 0 Å². The summed E-state index contributed by atoms with van der Waals surface area (Å²) in [7, 11) is 0. The van der Waals surface area contributed by atoms with Crippen molar-refractivity contribution in [1.29, 1.82) is 0 Å². The standard InChI is InChI=1S/C48H35N3/c1-5-15-36(16-6-1)49(37-17-7-2-8-18-37)40-28-25-34(26-29-40)35-27-30-46-42(31-35)44-33-47-43(32-48(44)51(46)39-21-11-4-12-22-39)41-23-13-14-24-45(41)50(47)38-19-9-3-10-20-38/h1-19,21-33,38H,20H2. The molecule has 2 aromatic heterocycles. The molecule has 51 heavy (non-hydrogen) atoms. The molecule has 0 amide bonds. The van der Waals surface area contributed by atoms with E-state index in [0.29, 0.717) is 0 Å². The predicted molar refractivity (Wildman–Crippen MR) is 216 cm³/mol. The van der Waals surface area contributed by atoms with E-state index in [4.69, 9.17) is 0 Å². The second-order valence-corrected chi connectivity index (χ2v) is 13.3. The van der Waals surface area contributed by atoms with Crippen LogP contribution in [0.2, 0.25) is 0 Å². The van der Waals surface area contributed by atoms with E-state index in [1.54, 1.807) is 0 Å². The molecule has 1 atom stereocenters. The highest BCUT2D eigenvalue weighted by Crippen LogP contribution is 2.42. The molecule has 0 saturated carbocycles. The van der Waals surface area contributed by atoms with E-state index < -0.39 is 0 Å². The van der Waals surface area contributed by atoms with Crippen molar-refractivity contribution in [2.24, 2.45) is 0 Å². The Balaban J connectivity index is 1.16. The van der Waals surface area contributed by atoms with Crippen LogP contribution in [0.5, 0.6) is 0 Å². The fraction of sp³-hybridized carbons (Fsp3) is 0.0417. The molecule has 242 valence electrons. The van der Waals surface area contributed by atoms with Gasteiger partial charge >= 0.3 is 0 Å². The van der Waals surface area contributed by atoms with Crippen molar-refractivity contribution in [2.75, 3.05) is 4.90 Å². The number of fused-ring (bicyclic) bond motifs is 6. The molecule has 0 aliphatic heterocycles. The summed E-state index contributed by atoms with van der Waals surface area (Å²) in [5, 5.41) is 5.10. The highest BCUT2D eigenvalue weighted by atomic mass is 15.1. The molecule has 0 fully saturated rings. The van der Waals surface area contributed by atoms with Crippen molar-refractivity contribution < 1.29 is 0 Å². The number of para-hydroxylation sites is 4. The maximum absolute atomic E-state index is 2.55. The molecular weight excluding hydrogens is 619 g/mol. The van der Waals surface area contributed by atoms with E-state index in [-0.39, 0.29) is 6.04 Å². The van der Waals surface area contributed by atoms with Crippen molar-refractivity contribution in [3.63, 3.8) is 0 Å². The number of allylic oxidation sites excluding steroid dienone is 4. The first-order valence-corrected chi connectivity index (χ1v) is 17.7. The number of anilines is 3. The van der Waals surface area contributed by atoms with E-state index in [2.05, 4.69) is 208 Å². The summed E-state index contributed by atoms with van der Waals surface area (Å²) >= 11 is 0. The van der Waals surface area contributed by atoms with Crippen LogP contribution in [-0.2, 0) is 0 Å². The molecular formula is C48H35N3. The Labute approximate surface area is 297 Å². The first-order valence-electron chi connectivity index (χ1n) is 17.7. The van der Waals surface area contributed by atoms with Crippen LogP contribution in [0.4, 0.5) is 17.1 Å². The number of hydrogen-bond donors (Lipinski definition) is 0. The van der Waals surface area contributed by atoms with Crippen molar-refractivity contribution in [1.82, 2.24) is 9.13 Å². The molecule has 9 aromatic rings. The van der Waals surface area contributed by atoms with Gasteiger partial charge in [0, 0.05) is 49.8 Å². The van der Waals surface area contributed by atoms with Crippen LogP contribution in [-0.4, -0.2) is 9.13 Å². The Hall–Kier alpha value is -6.58. The predicted octanol–water partition coefficient (Wildman–Crippen LogP) is 13.1. The third-order valence-electron chi connectivity index (χ3n) is 10.4. The lowest BCUT2D eigenvalue weighted by molar-refractivity contribution is 0.648. The number of hydrogen-bond acceptors (Lipinski definition) is 1. The van der Waals surface area contributed by atoms with Gasteiger partial charge in [0.05, 0.1) is 22.6 Å². The maximum Gasteiger partial charge on any atom is 0.0560 e. The summed E-state index contributed by atoms with van der Waals surface area (Å²) in [5.74, 6) is 0. The van der Waals surface area contributed by atoms with Gasteiger partial charge in [-0.3, -0.25) is 0 Å². The normalized spacial score (nSPS) is 14.2. The third kappa shape index (κ3) is 4.89. The van der Waals surface area contributed by atoms with E-state index in [1.165, 1.54) is 60.4 Å². The van der Waals surface area contributed by atoms with Crippen molar-refractivity contribution in [3.8, 4) is 16.8 Å². The van der Waals surface area contributed by atoms with Gasteiger partial charge in [-0.25, -0.2) is 0 Å². The highest BCUT2D eigenvalue weighted by molar-refractivity contribution is 6.19. The van der Waals surface area contributed by atoms with Gasteiger partial charge in [-0.1, -0.05) is 115 Å². The number of rotatable bonds is 6. The molecule has 0 radical (unpaired) electrons. The van der Waals surface area contributed by atoms with Crippen LogP contribution in [0.25, 0.3) is 60.4 Å². The summed E-state index contributed by atoms with van der Waals surface area (Å²) in [6.45, 7) is 0. The van der Waals surface area contributed by atoms with Crippen molar-refractivity contribution in [3.05, 3.63) is 194 Å². The van der Waals surface area contributed by atoms with Crippen LogP contribution in [0.3, 0.4) is 0 Å². The van der Waals surface area contributed by atoms with Gasteiger partial charge in [0.25, 0.3) is 0 Å². The Morgan fingerprint density at radius 1 is 0.431 bits per heavy atom. The van der Waals surface area contributed by atoms with Crippen molar-refractivity contribution in [2.45, 2.75) is 12.5 Å². The number of aromatic nitrogens is 2. The Morgan fingerprint density at radius 2 is 1.02 bits per heavy atom. The average Bonchev–Trinajstić information content (AvgIpc) is 3.70. The van der Waals surface area contributed by atoms with Crippen LogP contribution in [0.15, 0.2) is 194 Å². The van der Waals surface area contributed by atoms with E-state index in [9.17, 15) is 0 Å². The fourth-order valence-electron chi connectivity index (χ4n) is 8.07. The maximum atomic E-state index is 2.55. The quantitative estimate of drug-likeness (QED) is 0.174. The largest absolute Gasteiger partial charge is 0.333 e. The summed E-state index contributed by atoms with van der Waals surface area (Å²) in [6, 6.07) is 61.9. The SMILES string of the molecule is C1=CCC(n2c3ccccc3c3cc4c(cc32)c2cc(-c3ccc(N(c5ccccc5)c5ccccc5)cc3)ccc2n4-c2ccccc2)C=C1. The number of benzene rings is 7. The Kier molecular flexibility index (Phi) is 6.95. The lowest BCUT2D eigenvalue weighted by Crippen LogP contribution is -2.09. The summed E-state index contributed by atoms with van der Waals surface area (Å²) in [5.41, 5.74) is 11.9. The van der Waals surface area contributed by atoms with Crippen LogP contribution in [0.1, 0.15) is 12.5 Å². The van der Waals surface area contributed by atoms with E-state index in [0.717, 1.165) is 23.5 Å². The monoisotopic (exact) mass is 653 g/mol. The number of nitrogens with zero attached hydrogens (tertiary/aromatic N) is 3. The molecule has 3 heteroatoms. The molecule has 10 rings (SSSR count). The molecule has 0 N–H and O–H groups in total. The second kappa shape index (κ2) is 12.1. The van der Waals surface area contributed by atoms with Gasteiger partial charge in [0.1, 0.15) is 0 Å². The topological polar surface area (TPSA) is 13.1 Å². The molecule has 0 saturated heterocycles. The molecule has 3 nitrogen and oxygen atoms in total. The molecule has 7 aromatic carbocycles. The van der Waals surface area contributed by atoms with E-state index >= 15 is 0 Å². The zero-order valence-corrected chi connectivity index (χ0v) is 28.1. The third-order valence-corrected chi connectivity index (χ3v) is 10.4. The molecule has 2 heterocycles. The van der Waals surface area contributed by atoms with Crippen molar-refractivity contribution >= 4 is 60.7 Å². The summed E-state index contributed by atoms with van der Waals surface area (Å²) < 4.78 is 4.98. The minimum absolute atomic E-state index is 0.276. The molecule has 1 unspecified atom stereocenters. The fourth-order valence-corrected chi connectivity index (χ4v) is 8.07. The van der Waals surface area contributed by atoms with E-state index in [1.807, 2.05) is 0 Å². The van der Waals surface area contributed by atoms with Gasteiger partial charge < -0.3 is 14.0 Å². The van der Waals surface area contributed by atoms with Gasteiger partial charge in [-0.2, -0.15) is 0 Å². The van der Waals surface area contributed by atoms with Gasteiger partial charge in [-0.05, 0) is 96.4 Å². The minimum Gasteiger partial charge on any atom is -0.333 e. The Bertz CT molecular complexity index is 2710. The molecule has 0 spiro atoms. The first-order chi connectivity index (χ1) is 25.3. The average molecular weight is 654 g/mol. The molecule has 1 aliphatic rings. The first kappa shape index (κ1) is 29.3. The molecule has 1 aliphatic carbocycles.